The first-order valence-corrected chi connectivity index (χ1v) is 4.61. The zero-order chi connectivity index (χ0) is 8.97. The average molecular weight is 171 g/mol. The number of ether oxygens (including phenoxy) is 1. The van der Waals surface area contributed by atoms with Crippen molar-refractivity contribution in [3.8, 4) is 0 Å². The zero-order valence-corrected chi connectivity index (χ0v) is 7.80. The monoisotopic (exact) mass is 171 g/mol. The van der Waals surface area contributed by atoms with Crippen molar-refractivity contribution in [1.29, 1.82) is 0 Å². The summed E-state index contributed by atoms with van der Waals surface area (Å²) in [6.07, 6.45) is 4.33. The zero-order valence-electron chi connectivity index (χ0n) is 7.80. The third-order valence-corrected chi connectivity index (χ3v) is 2.46. The Bertz CT molecular complexity index is 159. The second-order valence-electron chi connectivity index (χ2n) is 3.28. The van der Waals surface area contributed by atoms with E-state index in [0.29, 0.717) is 6.04 Å². The summed E-state index contributed by atoms with van der Waals surface area (Å²) in [6.45, 7) is 2.14. The van der Waals surface area contributed by atoms with E-state index in [-0.39, 0.29) is 12.0 Å². The van der Waals surface area contributed by atoms with Crippen LogP contribution in [-0.2, 0) is 9.53 Å². The average Bonchev–Trinajstić information content (AvgIpc) is 2.17. The molecule has 1 aliphatic heterocycles. The van der Waals surface area contributed by atoms with Crippen LogP contribution in [0, 0.1) is 0 Å². The summed E-state index contributed by atoms with van der Waals surface area (Å²) in [7, 11) is 1.44. The molecule has 0 bridgehead atoms. The van der Waals surface area contributed by atoms with Gasteiger partial charge in [-0.05, 0) is 25.7 Å². The predicted molar refractivity (Wildman–Crippen MR) is 46.9 cm³/mol. The van der Waals surface area contributed by atoms with E-state index in [1.165, 1.54) is 13.5 Å². The van der Waals surface area contributed by atoms with Crippen molar-refractivity contribution in [2.24, 2.45) is 0 Å². The molecule has 0 saturated carbocycles. The molecule has 12 heavy (non-hydrogen) atoms. The molecular formula is C9H17NO2. The maximum atomic E-state index is 11.1. The SMILES string of the molecule is CCC1CCCC(C(=O)OC)N1. The molecular weight excluding hydrogens is 154 g/mol. The normalized spacial score (nSPS) is 29.8. The van der Waals surface area contributed by atoms with Crippen LogP contribution in [0.15, 0.2) is 0 Å². The van der Waals surface area contributed by atoms with Gasteiger partial charge in [-0.1, -0.05) is 6.92 Å². The largest absolute Gasteiger partial charge is 0.468 e. The second-order valence-corrected chi connectivity index (χ2v) is 3.28. The summed E-state index contributed by atoms with van der Waals surface area (Å²) in [5.74, 6) is -0.117. The van der Waals surface area contributed by atoms with Gasteiger partial charge in [-0.2, -0.15) is 0 Å². The van der Waals surface area contributed by atoms with Crippen molar-refractivity contribution < 1.29 is 9.53 Å². The molecule has 1 fully saturated rings. The number of piperidine rings is 1. The van der Waals surface area contributed by atoms with Crippen molar-refractivity contribution >= 4 is 5.97 Å². The van der Waals surface area contributed by atoms with Crippen LogP contribution in [-0.4, -0.2) is 25.2 Å². The summed E-state index contributed by atoms with van der Waals surface area (Å²) in [5.41, 5.74) is 0. The minimum absolute atomic E-state index is 0.0614. The highest BCUT2D eigenvalue weighted by atomic mass is 16.5. The fourth-order valence-corrected chi connectivity index (χ4v) is 1.67. The molecule has 0 amide bonds. The Morgan fingerprint density at radius 1 is 1.58 bits per heavy atom. The molecule has 0 spiro atoms. The number of nitrogens with one attached hydrogen (secondary N) is 1. The molecule has 1 N–H and O–H groups in total. The van der Waals surface area contributed by atoms with Crippen LogP contribution in [0.25, 0.3) is 0 Å². The highest BCUT2D eigenvalue weighted by Crippen LogP contribution is 2.15. The van der Waals surface area contributed by atoms with Crippen LogP contribution in [0.3, 0.4) is 0 Å². The third kappa shape index (κ3) is 2.21. The molecule has 0 aromatic rings. The lowest BCUT2D eigenvalue weighted by Crippen LogP contribution is -2.46. The molecule has 0 aliphatic carbocycles. The number of carbonyl (C=O) groups excluding carboxylic acids is 1. The number of methoxy groups -OCH3 is 1. The van der Waals surface area contributed by atoms with Crippen molar-refractivity contribution in [3.63, 3.8) is 0 Å². The van der Waals surface area contributed by atoms with Gasteiger partial charge in [0.15, 0.2) is 0 Å². The van der Waals surface area contributed by atoms with Gasteiger partial charge in [-0.15, -0.1) is 0 Å². The Kier molecular flexibility index (Phi) is 3.53. The number of hydrogen-bond donors (Lipinski definition) is 1. The Morgan fingerprint density at radius 2 is 2.33 bits per heavy atom. The van der Waals surface area contributed by atoms with Crippen LogP contribution in [0.5, 0.6) is 0 Å². The van der Waals surface area contributed by atoms with Gasteiger partial charge in [0.1, 0.15) is 6.04 Å². The van der Waals surface area contributed by atoms with E-state index in [4.69, 9.17) is 0 Å². The first-order chi connectivity index (χ1) is 5.77. The number of esters is 1. The lowest BCUT2D eigenvalue weighted by atomic mass is 9.97. The first kappa shape index (κ1) is 9.52. The molecule has 2 unspecified atom stereocenters. The summed E-state index contributed by atoms with van der Waals surface area (Å²) in [6, 6.07) is 0.441. The molecule has 0 aromatic heterocycles. The topological polar surface area (TPSA) is 38.3 Å². The Balaban J connectivity index is 2.40. The third-order valence-electron chi connectivity index (χ3n) is 2.46. The highest BCUT2D eigenvalue weighted by Gasteiger charge is 2.25. The fraction of sp³-hybridized carbons (Fsp3) is 0.889. The molecule has 0 radical (unpaired) electrons. The minimum Gasteiger partial charge on any atom is -0.468 e. The van der Waals surface area contributed by atoms with Crippen LogP contribution in [0.4, 0.5) is 0 Å². The van der Waals surface area contributed by atoms with Crippen molar-refractivity contribution in [2.75, 3.05) is 7.11 Å². The van der Waals surface area contributed by atoms with Gasteiger partial charge in [0.25, 0.3) is 0 Å². The Morgan fingerprint density at radius 3 is 2.92 bits per heavy atom. The van der Waals surface area contributed by atoms with Crippen molar-refractivity contribution in [3.05, 3.63) is 0 Å². The van der Waals surface area contributed by atoms with E-state index >= 15 is 0 Å². The Labute approximate surface area is 73.5 Å². The lowest BCUT2D eigenvalue weighted by Gasteiger charge is -2.28. The van der Waals surface area contributed by atoms with Crippen LogP contribution in [0.2, 0.25) is 0 Å². The van der Waals surface area contributed by atoms with E-state index in [2.05, 4.69) is 17.0 Å². The second kappa shape index (κ2) is 4.45. The molecule has 1 heterocycles. The smallest absolute Gasteiger partial charge is 0.322 e. The Hall–Kier alpha value is -0.570. The van der Waals surface area contributed by atoms with E-state index in [1.54, 1.807) is 0 Å². The molecule has 2 atom stereocenters. The van der Waals surface area contributed by atoms with Gasteiger partial charge in [-0.3, -0.25) is 4.79 Å². The van der Waals surface area contributed by atoms with Crippen LogP contribution >= 0.6 is 0 Å². The summed E-state index contributed by atoms with van der Waals surface area (Å²) in [5, 5.41) is 3.28. The van der Waals surface area contributed by atoms with E-state index in [1.807, 2.05) is 0 Å². The maximum Gasteiger partial charge on any atom is 0.322 e. The van der Waals surface area contributed by atoms with Gasteiger partial charge in [0.2, 0.25) is 0 Å². The maximum absolute atomic E-state index is 11.1. The number of rotatable bonds is 2. The fourth-order valence-electron chi connectivity index (χ4n) is 1.67. The molecule has 3 nitrogen and oxygen atoms in total. The van der Waals surface area contributed by atoms with Gasteiger partial charge in [-0.25, -0.2) is 0 Å². The molecule has 3 heteroatoms. The van der Waals surface area contributed by atoms with Crippen LogP contribution < -0.4 is 5.32 Å². The summed E-state index contributed by atoms with van der Waals surface area (Å²) < 4.78 is 4.68. The predicted octanol–water partition coefficient (Wildman–Crippen LogP) is 1.08. The highest BCUT2D eigenvalue weighted by molar-refractivity contribution is 5.75. The van der Waals surface area contributed by atoms with E-state index < -0.39 is 0 Å². The molecule has 1 saturated heterocycles. The molecule has 70 valence electrons. The first-order valence-electron chi connectivity index (χ1n) is 4.61. The van der Waals surface area contributed by atoms with Crippen molar-refractivity contribution in [1.82, 2.24) is 5.32 Å². The van der Waals surface area contributed by atoms with E-state index in [0.717, 1.165) is 19.3 Å². The quantitative estimate of drug-likeness (QED) is 0.632. The standard InChI is InChI=1S/C9H17NO2/c1-3-7-5-4-6-8(10-7)9(11)12-2/h7-8,10H,3-6H2,1-2H3. The minimum atomic E-state index is -0.117. The summed E-state index contributed by atoms with van der Waals surface area (Å²) >= 11 is 0. The van der Waals surface area contributed by atoms with Crippen molar-refractivity contribution in [2.45, 2.75) is 44.7 Å². The van der Waals surface area contributed by atoms with Crippen LogP contribution in [0.1, 0.15) is 32.6 Å². The van der Waals surface area contributed by atoms with E-state index in [9.17, 15) is 4.79 Å². The van der Waals surface area contributed by atoms with Gasteiger partial charge in [0, 0.05) is 6.04 Å². The van der Waals surface area contributed by atoms with Gasteiger partial charge >= 0.3 is 5.97 Å². The van der Waals surface area contributed by atoms with Gasteiger partial charge < -0.3 is 10.1 Å². The lowest BCUT2D eigenvalue weighted by molar-refractivity contribution is -0.144. The molecule has 0 aromatic carbocycles. The number of hydrogen-bond acceptors (Lipinski definition) is 3. The summed E-state index contributed by atoms with van der Waals surface area (Å²) in [4.78, 5) is 11.1. The molecule has 1 aliphatic rings. The number of carbonyl (C=O) groups is 1. The van der Waals surface area contributed by atoms with Gasteiger partial charge in [0.05, 0.1) is 7.11 Å². The molecule has 1 rings (SSSR count).